The lowest BCUT2D eigenvalue weighted by atomic mass is 9.95. The third kappa shape index (κ3) is 2.60. The van der Waals surface area contributed by atoms with Gasteiger partial charge in [-0.05, 0) is 37.7 Å². The number of fused-ring (bicyclic) bond motifs is 1. The van der Waals surface area contributed by atoms with Crippen molar-refractivity contribution < 1.29 is 9.26 Å². The van der Waals surface area contributed by atoms with Gasteiger partial charge in [-0.25, -0.2) is 0 Å². The van der Waals surface area contributed by atoms with Gasteiger partial charge in [-0.15, -0.1) is 0 Å². The summed E-state index contributed by atoms with van der Waals surface area (Å²) in [5, 5.41) is 11.7. The number of H-pyrrole nitrogens is 1. The topological polar surface area (TPSA) is 76.8 Å². The van der Waals surface area contributed by atoms with E-state index >= 15 is 0 Å². The normalized spacial score (nSPS) is 21.6. The van der Waals surface area contributed by atoms with Crippen LogP contribution in [0.2, 0.25) is 0 Å². The van der Waals surface area contributed by atoms with Crippen molar-refractivity contribution in [2.45, 2.75) is 50.9 Å². The fraction of sp³-hybridized carbons (Fsp3) is 0.667. The van der Waals surface area contributed by atoms with E-state index in [4.69, 9.17) is 9.26 Å². The number of hydrogen-bond donors (Lipinski definition) is 1. The van der Waals surface area contributed by atoms with Gasteiger partial charge in [0.25, 0.3) is 0 Å². The molecule has 1 aliphatic heterocycles. The summed E-state index contributed by atoms with van der Waals surface area (Å²) in [5.41, 5.74) is 3.92. The summed E-state index contributed by atoms with van der Waals surface area (Å²) in [7, 11) is 0. The Balaban J connectivity index is 1.41. The van der Waals surface area contributed by atoms with Gasteiger partial charge < -0.3 is 9.26 Å². The predicted molar refractivity (Wildman–Crippen MR) is 75.1 cm³/mol. The van der Waals surface area contributed by atoms with Gasteiger partial charge in [-0.3, -0.25) is 5.10 Å². The van der Waals surface area contributed by atoms with Crippen molar-refractivity contribution in [3.8, 4) is 0 Å². The summed E-state index contributed by atoms with van der Waals surface area (Å²) >= 11 is 0. The molecule has 2 aromatic rings. The first kappa shape index (κ1) is 13.0. The van der Waals surface area contributed by atoms with Crippen LogP contribution in [0.5, 0.6) is 0 Å². The third-order valence-electron chi connectivity index (χ3n) is 4.50. The van der Waals surface area contributed by atoms with E-state index in [1.54, 1.807) is 0 Å². The quantitative estimate of drug-likeness (QED) is 0.930. The van der Waals surface area contributed by atoms with E-state index in [0.717, 1.165) is 44.5 Å². The number of aromatic amines is 1. The van der Waals surface area contributed by atoms with Crippen LogP contribution in [0, 0.1) is 0 Å². The Morgan fingerprint density at radius 3 is 3.05 bits per heavy atom. The van der Waals surface area contributed by atoms with Crippen molar-refractivity contribution in [2.75, 3.05) is 13.2 Å². The molecule has 0 spiro atoms. The third-order valence-corrected chi connectivity index (χ3v) is 4.50. The molecule has 1 unspecified atom stereocenters. The van der Waals surface area contributed by atoms with E-state index in [1.807, 2.05) is 0 Å². The second-order valence-corrected chi connectivity index (χ2v) is 5.94. The Morgan fingerprint density at radius 2 is 2.14 bits per heavy atom. The van der Waals surface area contributed by atoms with Gasteiger partial charge >= 0.3 is 0 Å². The first-order valence-electron chi connectivity index (χ1n) is 7.85. The summed E-state index contributed by atoms with van der Waals surface area (Å²) in [5.74, 6) is 1.82. The molecule has 0 aromatic carbocycles. The molecule has 1 N–H and O–H groups in total. The number of aryl methyl sites for hydroxylation is 3. The second-order valence-electron chi connectivity index (χ2n) is 5.94. The molecule has 0 bridgehead atoms. The fourth-order valence-corrected chi connectivity index (χ4v) is 3.26. The Hall–Kier alpha value is -1.69. The maximum atomic E-state index is 5.37. The number of nitrogens with one attached hydrogen (secondary N) is 1. The highest BCUT2D eigenvalue weighted by Gasteiger charge is 2.23. The van der Waals surface area contributed by atoms with Crippen molar-refractivity contribution in [1.82, 2.24) is 20.3 Å². The van der Waals surface area contributed by atoms with Crippen LogP contribution in [-0.2, 0) is 30.4 Å². The molecule has 6 heteroatoms. The monoisotopic (exact) mass is 288 g/mol. The summed E-state index contributed by atoms with van der Waals surface area (Å²) in [6.45, 7) is 1.51. The van der Waals surface area contributed by atoms with E-state index in [-0.39, 0.29) is 0 Å². The zero-order valence-electron chi connectivity index (χ0n) is 12.1. The Labute approximate surface area is 123 Å². The highest BCUT2D eigenvalue weighted by Crippen LogP contribution is 2.24. The van der Waals surface area contributed by atoms with Crippen LogP contribution >= 0.6 is 0 Å². The van der Waals surface area contributed by atoms with Crippen LogP contribution in [0.25, 0.3) is 0 Å². The molecule has 1 aliphatic carbocycles. The summed E-state index contributed by atoms with van der Waals surface area (Å²) in [6, 6.07) is 0. The lowest BCUT2D eigenvalue weighted by Gasteiger charge is -2.10. The van der Waals surface area contributed by atoms with Crippen molar-refractivity contribution in [3.05, 3.63) is 28.7 Å². The maximum Gasteiger partial charge on any atom is 0.227 e. The van der Waals surface area contributed by atoms with Crippen LogP contribution in [0.1, 0.15) is 53.8 Å². The summed E-state index contributed by atoms with van der Waals surface area (Å²) in [4.78, 5) is 4.51. The van der Waals surface area contributed by atoms with Gasteiger partial charge in [0.15, 0.2) is 5.82 Å². The zero-order chi connectivity index (χ0) is 14.1. The lowest BCUT2D eigenvalue weighted by molar-refractivity contribution is 0.192. The van der Waals surface area contributed by atoms with Crippen molar-refractivity contribution in [2.24, 2.45) is 0 Å². The first-order chi connectivity index (χ1) is 10.4. The Morgan fingerprint density at radius 1 is 1.19 bits per heavy atom. The molecule has 6 nitrogen and oxygen atoms in total. The molecule has 1 fully saturated rings. The Kier molecular flexibility index (Phi) is 3.47. The molecule has 2 aromatic heterocycles. The molecule has 3 heterocycles. The molecule has 0 saturated carbocycles. The molecule has 0 amide bonds. The highest BCUT2D eigenvalue weighted by atomic mass is 16.5. The molecule has 1 saturated heterocycles. The van der Waals surface area contributed by atoms with Crippen LogP contribution in [0.15, 0.2) is 4.52 Å². The molecule has 2 aliphatic rings. The number of hydrogen-bond acceptors (Lipinski definition) is 5. The second kappa shape index (κ2) is 5.60. The average Bonchev–Trinajstić information content (AvgIpc) is 3.25. The van der Waals surface area contributed by atoms with E-state index < -0.39 is 0 Å². The summed E-state index contributed by atoms with van der Waals surface area (Å²) < 4.78 is 10.7. The van der Waals surface area contributed by atoms with E-state index in [9.17, 15) is 0 Å². The minimum absolute atomic E-state index is 0.306. The van der Waals surface area contributed by atoms with Crippen LogP contribution in [0.3, 0.4) is 0 Å². The SMILES string of the molecule is C1CCc2c(CCc3nc(C4CCOC4)no3)n[nH]c2C1. The molecule has 112 valence electrons. The number of nitrogens with zero attached hydrogens (tertiary/aromatic N) is 3. The Bertz CT molecular complexity index is 613. The molecular formula is C15H20N4O2. The minimum Gasteiger partial charge on any atom is -0.381 e. The average molecular weight is 288 g/mol. The van der Waals surface area contributed by atoms with Crippen molar-refractivity contribution in [3.63, 3.8) is 0 Å². The minimum atomic E-state index is 0.306. The van der Waals surface area contributed by atoms with Gasteiger partial charge in [0.2, 0.25) is 5.89 Å². The number of rotatable bonds is 4. The number of ether oxygens (including phenoxy) is 1. The lowest BCUT2D eigenvalue weighted by Crippen LogP contribution is -2.04. The zero-order valence-corrected chi connectivity index (χ0v) is 12.1. The van der Waals surface area contributed by atoms with E-state index in [2.05, 4.69) is 20.3 Å². The van der Waals surface area contributed by atoms with Gasteiger partial charge in [-0.1, -0.05) is 5.16 Å². The van der Waals surface area contributed by atoms with Gasteiger partial charge in [0.05, 0.1) is 12.3 Å². The van der Waals surface area contributed by atoms with Crippen LogP contribution in [-0.4, -0.2) is 33.6 Å². The van der Waals surface area contributed by atoms with Gasteiger partial charge in [0, 0.05) is 31.1 Å². The summed E-state index contributed by atoms with van der Waals surface area (Å²) in [6.07, 6.45) is 7.44. The highest BCUT2D eigenvalue weighted by molar-refractivity contribution is 5.27. The van der Waals surface area contributed by atoms with Gasteiger partial charge in [-0.2, -0.15) is 10.1 Å². The molecule has 1 atom stereocenters. The van der Waals surface area contributed by atoms with Crippen LogP contribution in [0.4, 0.5) is 0 Å². The van der Waals surface area contributed by atoms with Crippen LogP contribution < -0.4 is 0 Å². The molecular weight excluding hydrogens is 268 g/mol. The van der Waals surface area contributed by atoms with Gasteiger partial charge in [0.1, 0.15) is 0 Å². The number of aromatic nitrogens is 4. The smallest absolute Gasteiger partial charge is 0.227 e. The largest absolute Gasteiger partial charge is 0.381 e. The standard InChI is InChI=1S/C15H20N4O2/c1-2-4-12-11(3-1)13(18-17-12)5-6-14-16-15(19-21-14)10-7-8-20-9-10/h10H,1-9H2,(H,17,18). The predicted octanol–water partition coefficient (Wildman–Crippen LogP) is 1.96. The molecule has 0 radical (unpaired) electrons. The first-order valence-corrected chi connectivity index (χ1v) is 7.85. The molecule has 4 rings (SSSR count). The van der Waals surface area contributed by atoms with E-state index in [1.165, 1.54) is 29.8 Å². The fourth-order valence-electron chi connectivity index (χ4n) is 3.26. The van der Waals surface area contributed by atoms with Crippen molar-refractivity contribution >= 4 is 0 Å². The maximum absolute atomic E-state index is 5.37. The molecule has 21 heavy (non-hydrogen) atoms. The van der Waals surface area contributed by atoms with E-state index in [0.29, 0.717) is 18.4 Å². The van der Waals surface area contributed by atoms with Crippen molar-refractivity contribution in [1.29, 1.82) is 0 Å².